The number of aliphatic hydroxyl groups excluding tert-OH is 1. The van der Waals surface area contributed by atoms with E-state index in [-0.39, 0.29) is 6.10 Å². The lowest BCUT2D eigenvalue weighted by Gasteiger charge is -2.21. The van der Waals surface area contributed by atoms with Gasteiger partial charge in [0.15, 0.2) is 0 Å². The first-order valence-electron chi connectivity index (χ1n) is 6.72. The normalized spacial score (nSPS) is 18.4. The van der Waals surface area contributed by atoms with Crippen LogP contribution >= 0.6 is 0 Å². The van der Waals surface area contributed by atoms with E-state index in [0.29, 0.717) is 6.10 Å². The summed E-state index contributed by atoms with van der Waals surface area (Å²) in [5, 5.41) is 10.2. The Labute approximate surface area is 109 Å². The average Bonchev–Trinajstić information content (AvgIpc) is 3.20. The highest BCUT2D eigenvalue weighted by molar-refractivity contribution is 5.29. The summed E-state index contributed by atoms with van der Waals surface area (Å²) in [4.78, 5) is 0. The maximum absolute atomic E-state index is 10.2. The molecule has 2 unspecified atom stereocenters. The SMILES string of the molecule is CCCC(OC)C(O)c1ccc(OC2CC2)cc1. The van der Waals surface area contributed by atoms with E-state index >= 15 is 0 Å². The maximum Gasteiger partial charge on any atom is 0.119 e. The Balaban J connectivity index is 1.97. The zero-order chi connectivity index (χ0) is 13.0. The lowest BCUT2D eigenvalue weighted by molar-refractivity contribution is -0.0179. The van der Waals surface area contributed by atoms with Crippen LogP contribution in [0.3, 0.4) is 0 Å². The van der Waals surface area contributed by atoms with Crippen LogP contribution in [0.2, 0.25) is 0 Å². The van der Waals surface area contributed by atoms with Gasteiger partial charge in [-0.3, -0.25) is 0 Å². The van der Waals surface area contributed by atoms with Crippen LogP contribution in [-0.4, -0.2) is 24.4 Å². The minimum absolute atomic E-state index is 0.134. The third kappa shape index (κ3) is 3.47. The third-order valence-corrected chi connectivity index (χ3v) is 3.28. The van der Waals surface area contributed by atoms with Crippen molar-refractivity contribution in [3.63, 3.8) is 0 Å². The van der Waals surface area contributed by atoms with Crippen molar-refractivity contribution in [3.8, 4) is 5.75 Å². The molecular formula is C15H22O3. The van der Waals surface area contributed by atoms with E-state index in [2.05, 4.69) is 6.92 Å². The Hall–Kier alpha value is -1.06. The molecule has 1 aromatic carbocycles. The van der Waals surface area contributed by atoms with E-state index in [1.165, 1.54) is 0 Å². The van der Waals surface area contributed by atoms with Crippen molar-refractivity contribution in [1.82, 2.24) is 0 Å². The largest absolute Gasteiger partial charge is 0.490 e. The third-order valence-electron chi connectivity index (χ3n) is 3.28. The quantitative estimate of drug-likeness (QED) is 0.808. The minimum atomic E-state index is -0.565. The molecule has 1 aliphatic carbocycles. The number of rotatable bonds is 7. The van der Waals surface area contributed by atoms with Gasteiger partial charge in [0, 0.05) is 7.11 Å². The first kappa shape index (κ1) is 13.4. The molecule has 3 heteroatoms. The van der Waals surface area contributed by atoms with E-state index in [1.807, 2.05) is 24.3 Å². The second-order valence-corrected chi connectivity index (χ2v) is 4.89. The molecule has 0 spiro atoms. The Morgan fingerprint density at radius 1 is 1.28 bits per heavy atom. The summed E-state index contributed by atoms with van der Waals surface area (Å²) in [5.74, 6) is 0.887. The predicted molar refractivity (Wildman–Crippen MR) is 70.8 cm³/mol. The van der Waals surface area contributed by atoms with Crippen LogP contribution in [0.4, 0.5) is 0 Å². The van der Waals surface area contributed by atoms with E-state index < -0.39 is 6.10 Å². The van der Waals surface area contributed by atoms with Gasteiger partial charge in [0.25, 0.3) is 0 Å². The molecule has 1 saturated carbocycles. The number of hydrogen-bond acceptors (Lipinski definition) is 3. The Morgan fingerprint density at radius 3 is 2.44 bits per heavy atom. The molecule has 0 bridgehead atoms. The van der Waals surface area contributed by atoms with Crippen molar-refractivity contribution in [2.24, 2.45) is 0 Å². The molecule has 0 saturated heterocycles. The zero-order valence-corrected chi connectivity index (χ0v) is 11.1. The van der Waals surface area contributed by atoms with Crippen LogP contribution in [0.15, 0.2) is 24.3 Å². The summed E-state index contributed by atoms with van der Waals surface area (Å²) in [6.07, 6.45) is 3.89. The summed E-state index contributed by atoms with van der Waals surface area (Å²) in [6, 6.07) is 7.69. The highest BCUT2D eigenvalue weighted by Crippen LogP contribution is 2.28. The number of methoxy groups -OCH3 is 1. The number of benzene rings is 1. The van der Waals surface area contributed by atoms with E-state index in [0.717, 1.165) is 37.0 Å². The van der Waals surface area contributed by atoms with Gasteiger partial charge >= 0.3 is 0 Å². The lowest BCUT2D eigenvalue weighted by atomic mass is 10.0. The van der Waals surface area contributed by atoms with Crippen LogP contribution in [0.1, 0.15) is 44.3 Å². The monoisotopic (exact) mass is 250 g/mol. The van der Waals surface area contributed by atoms with Crippen molar-refractivity contribution in [1.29, 1.82) is 0 Å². The van der Waals surface area contributed by atoms with Crippen LogP contribution in [-0.2, 0) is 4.74 Å². The molecule has 2 atom stereocenters. The Morgan fingerprint density at radius 2 is 1.94 bits per heavy atom. The molecule has 1 aliphatic rings. The fraction of sp³-hybridized carbons (Fsp3) is 0.600. The highest BCUT2D eigenvalue weighted by atomic mass is 16.5. The van der Waals surface area contributed by atoms with E-state index in [4.69, 9.17) is 9.47 Å². The van der Waals surface area contributed by atoms with Crippen LogP contribution in [0, 0.1) is 0 Å². The van der Waals surface area contributed by atoms with Crippen LogP contribution < -0.4 is 4.74 Å². The van der Waals surface area contributed by atoms with Gasteiger partial charge in [0.2, 0.25) is 0 Å². The topological polar surface area (TPSA) is 38.7 Å². The van der Waals surface area contributed by atoms with Gasteiger partial charge in [0.1, 0.15) is 11.9 Å². The highest BCUT2D eigenvalue weighted by Gasteiger charge is 2.24. The molecule has 0 aliphatic heterocycles. The second kappa shape index (κ2) is 6.21. The van der Waals surface area contributed by atoms with Gasteiger partial charge in [-0.05, 0) is 37.0 Å². The molecule has 2 rings (SSSR count). The summed E-state index contributed by atoms with van der Waals surface area (Å²) < 4.78 is 11.0. The molecule has 3 nitrogen and oxygen atoms in total. The fourth-order valence-electron chi connectivity index (χ4n) is 2.03. The molecule has 1 fully saturated rings. The van der Waals surface area contributed by atoms with Crippen molar-refractivity contribution < 1.29 is 14.6 Å². The van der Waals surface area contributed by atoms with Gasteiger partial charge in [-0.15, -0.1) is 0 Å². The van der Waals surface area contributed by atoms with Gasteiger partial charge in [0.05, 0.1) is 12.2 Å². The zero-order valence-electron chi connectivity index (χ0n) is 11.1. The van der Waals surface area contributed by atoms with Crippen LogP contribution in [0.25, 0.3) is 0 Å². The molecule has 18 heavy (non-hydrogen) atoms. The molecule has 0 amide bonds. The standard InChI is InChI=1S/C15H22O3/c1-3-4-14(17-2)15(16)11-5-7-12(8-6-11)18-13-9-10-13/h5-8,13-16H,3-4,9-10H2,1-2H3. The first-order valence-corrected chi connectivity index (χ1v) is 6.72. The summed E-state index contributed by atoms with van der Waals surface area (Å²) in [6.45, 7) is 2.09. The maximum atomic E-state index is 10.2. The molecule has 1 N–H and O–H groups in total. The van der Waals surface area contributed by atoms with Crippen molar-refractivity contribution in [2.45, 2.75) is 50.9 Å². The summed E-state index contributed by atoms with van der Waals surface area (Å²) in [5.41, 5.74) is 0.887. The average molecular weight is 250 g/mol. The smallest absolute Gasteiger partial charge is 0.119 e. The van der Waals surface area contributed by atoms with Crippen molar-refractivity contribution in [3.05, 3.63) is 29.8 Å². The lowest BCUT2D eigenvalue weighted by Crippen LogP contribution is -2.20. The molecule has 100 valence electrons. The molecule has 0 radical (unpaired) electrons. The Kier molecular flexibility index (Phi) is 4.61. The van der Waals surface area contributed by atoms with Gasteiger partial charge in [-0.2, -0.15) is 0 Å². The second-order valence-electron chi connectivity index (χ2n) is 4.89. The number of hydrogen-bond donors (Lipinski definition) is 1. The number of ether oxygens (including phenoxy) is 2. The van der Waals surface area contributed by atoms with E-state index in [1.54, 1.807) is 7.11 Å². The summed E-state index contributed by atoms with van der Waals surface area (Å²) >= 11 is 0. The Bertz CT molecular complexity index is 357. The van der Waals surface area contributed by atoms with E-state index in [9.17, 15) is 5.11 Å². The fourth-order valence-corrected chi connectivity index (χ4v) is 2.03. The molecule has 0 aromatic heterocycles. The molecule has 0 heterocycles. The summed E-state index contributed by atoms with van der Waals surface area (Å²) in [7, 11) is 1.65. The first-order chi connectivity index (χ1) is 8.74. The van der Waals surface area contributed by atoms with Gasteiger partial charge < -0.3 is 14.6 Å². The molecule has 1 aromatic rings. The van der Waals surface area contributed by atoms with Crippen molar-refractivity contribution >= 4 is 0 Å². The van der Waals surface area contributed by atoms with Crippen molar-refractivity contribution in [2.75, 3.05) is 7.11 Å². The van der Waals surface area contributed by atoms with Gasteiger partial charge in [-0.25, -0.2) is 0 Å². The number of aliphatic hydroxyl groups is 1. The predicted octanol–water partition coefficient (Wildman–Crippen LogP) is 3.08. The molecular weight excluding hydrogens is 228 g/mol. The minimum Gasteiger partial charge on any atom is -0.490 e. The van der Waals surface area contributed by atoms with Crippen LogP contribution in [0.5, 0.6) is 5.75 Å². The van der Waals surface area contributed by atoms with Gasteiger partial charge in [-0.1, -0.05) is 25.5 Å².